The normalized spacial score (nSPS) is 19.0. The lowest BCUT2D eigenvalue weighted by molar-refractivity contribution is -0.289. The summed E-state index contributed by atoms with van der Waals surface area (Å²) in [7, 11) is 2.04. The van der Waals surface area contributed by atoms with Gasteiger partial charge in [-0.25, -0.2) is 0 Å². The van der Waals surface area contributed by atoms with Gasteiger partial charge in [0.15, 0.2) is 0 Å². The van der Waals surface area contributed by atoms with Gasteiger partial charge in [-0.1, -0.05) is 12.1 Å². The predicted molar refractivity (Wildman–Crippen MR) is 72.8 cm³/mol. The Labute approximate surface area is 124 Å². The molecule has 0 atom stereocenters. The van der Waals surface area contributed by atoms with Crippen molar-refractivity contribution in [3.05, 3.63) is 29.8 Å². The van der Waals surface area contributed by atoms with Crippen LogP contribution in [0.1, 0.15) is 18.4 Å². The second-order valence-electron chi connectivity index (χ2n) is 5.22. The molecule has 1 aromatic carbocycles. The number of rotatable bonds is 3. The lowest BCUT2D eigenvalue weighted by Crippen LogP contribution is -2.33. The molecule has 0 aromatic heterocycles. The lowest BCUT2D eigenvalue weighted by atomic mass is 10.1. The molecule has 0 N–H and O–H groups in total. The van der Waals surface area contributed by atoms with E-state index in [-0.39, 0.29) is 0 Å². The fraction of sp³-hybridized carbons (Fsp3) is 0.571. The Morgan fingerprint density at radius 3 is 2.00 bits per heavy atom. The summed E-state index contributed by atoms with van der Waals surface area (Å²) in [4.78, 5) is 2.94. The number of hydrogen-bond acceptors (Lipinski definition) is 2. The number of piperidine rings is 1. The molecule has 0 bridgehead atoms. The summed E-state index contributed by atoms with van der Waals surface area (Å²) in [6.45, 7) is 1.95. The average molecular weight is 325 g/mol. The molecule has 1 nitrogen and oxygen atoms in total. The highest BCUT2D eigenvalue weighted by atomic mass is 32.2. The van der Waals surface area contributed by atoms with Crippen LogP contribution in [0.5, 0.6) is 0 Å². The van der Waals surface area contributed by atoms with Gasteiger partial charge in [0.1, 0.15) is 0 Å². The second kappa shape index (κ2) is 6.12. The summed E-state index contributed by atoms with van der Waals surface area (Å²) in [6, 6.07) is 4.42. The smallest absolute Gasteiger partial charge is 0.306 e. The summed E-state index contributed by atoms with van der Waals surface area (Å²) >= 11 is 1.54. The first-order valence-electron chi connectivity index (χ1n) is 6.60. The van der Waals surface area contributed by atoms with E-state index in [2.05, 4.69) is 4.90 Å². The van der Waals surface area contributed by atoms with E-state index in [9.17, 15) is 22.0 Å². The van der Waals surface area contributed by atoms with Gasteiger partial charge in [0.25, 0.3) is 0 Å². The van der Waals surface area contributed by atoms with Crippen LogP contribution in [0.2, 0.25) is 0 Å². The molecule has 1 saturated heterocycles. The van der Waals surface area contributed by atoms with E-state index in [0.29, 0.717) is 5.25 Å². The predicted octanol–water partition coefficient (Wildman–Crippen LogP) is 4.53. The van der Waals surface area contributed by atoms with Gasteiger partial charge < -0.3 is 4.90 Å². The largest absolute Gasteiger partial charge is 0.458 e. The van der Waals surface area contributed by atoms with Crippen LogP contribution in [0.3, 0.4) is 0 Å². The minimum Gasteiger partial charge on any atom is -0.306 e. The van der Waals surface area contributed by atoms with Crippen LogP contribution >= 0.6 is 11.8 Å². The van der Waals surface area contributed by atoms with Gasteiger partial charge in [-0.15, -0.1) is 11.8 Å². The molecular formula is C14H16F5NS. The zero-order valence-corrected chi connectivity index (χ0v) is 12.3. The van der Waals surface area contributed by atoms with Crippen molar-refractivity contribution in [1.29, 1.82) is 0 Å². The molecule has 1 aliphatic heterocycles. The van der Waals surface area contributed by atoms with Gasteiger partial charge >= 0.3 is 12.1 Å². The third kappa shape index (κ3) is 3.88. The number of thioether (sulfide) groups is 1. The van der Waals surface area contributed by atoms with Gasteiger partial charge in [0, 0.05) is 15.7 Å². The number of likely N-dealkylation sites (tertiary alicyclic amines) is 1. The molecule has 0 saturated carbocycles. The van der Waals surface area contributed by atoms with Crippen molar-refractivity contribution in [2.45, 2.75) is 35.1 Å². The Kier molecular flexibility index (Phi) is 4.82. The minimum atomic E-state index is -5.56. The molecule has 0 spiro atoms. The zero-order chi connectivity index (χ0) is 15.7. The molecule has 0 aliphatic carbocycles. The van der Waals surface area contributed by atoms with Gasteiger partial charge in [-0.2, -0.15) is 22.0 Å². The van der Waals surface area contributed by atoms with Gasteiger partial charge in [0.2, 0.25) is 0 Å². The Bertz CT molecular complexity index is 463. The standard InChI is InChI=1S/C14H16F5NS/c1-20-8-6-12(7-9-20)21-11-4-2-10(3-5-11)13(15,16)14(17,18)19/h2-5,12H,6-9H2,1H3. The lowest BCUT2D eigenvalue weighted by Gasteiger charge is -2.28. The third-order valence-electron chi connectivity index (χ3n) is 3.54. The van der Waals surface area contributed by atoms with E-state index >= 15 is 0 Å². The number of alkyl halides is 5. The molecule has 2 rings (SSSR count). The van der Waals surface area contributed by atoms with Crippen molar-refractivity contribution in [2.24, 2.45) is 0 Å². The zero-order valence-electron chi connectivity index (χ0n) is 11.5. The first kappa shape index (κ1) is 16.5. The Hall–Kier alpha value is -0.820. The summed E-state index contributed by atoms with van der Waals surface area (Å²) in [5.74, 6) is -4.80. The fourth-order valence-corrected chi connectivity index (χ4v) is 3.33. The van der Waals surface area contributed by atoms with Crippen molar-refractivity contribution >= 4 is 11.8 Å². The van der Waals surface area contributed by atoms with Crippen LogP contribution in [-0.4, -0.2) is 36.5 Å². The highest BCUT2D eigenvalue weighted by molar-refractivity contribution is 8.00. The van der Waals surface area contributed by atoms with Gasteiger partial charge in [0.05, 0.1) is 0 Å². The summed E-state index contributed by atoms with van der Waals surface area (Å²) in [6.07, 6.45) is -3.58. The molecule has 21 heavy (non-hydrogen) atoms. The van der Waals surface area contributed by atoms with Crippen molar-refractivity contribution in [2.75, 3.05) is 20.1 Å². The molecule has 1 heterocycles. The number of halogens is 5. The quantitative estimate of drug-likeness (QED) is 0.751. The molecule has 1 fully saturated rings. The van der Waals surface area contributed by atoms with E-state index in [1.165, 1.54) is 12.1 Å². The molecule has 118 valence electrons. The Morgan fingerprint density at radius 2 is 1.52 bits per heavy atom. The maximum atomic E-state index is 13.2. The van der Waals surface area contributed by atoms with E-state index in [1.807, 2.05) is 7.05 Å². The topological polar surface area (TPSA) is 3.24 Å². The Balaban J connectivity index is 2.02. The van der Waals surface area contributed by atoms with Crippen molar-refractivity contribution < 1.29 is 22.0 Å². The first-order chi connectivity index (χ1) is 9.70. The van der Waals surface area contributed by atoms with Gasteiger partial charge in [-0.05, 0) is 45.1 Å². The molecule has 0 unspecified atom stereocenters. The van der Waals surface area contributed by atoms with Crippen LogP contribution in [-0.2, 0) is 5.92 Å². The molecule has 7 heteroatoms. The first-order valence-corrected chi connectivity index (χ1v) is 7.48. The van der Waals surface area contributed by atoms with Crippen LogP contribution < -0.4 is 0 Å². The third-order valence-corrected chi connectivity index (χ3v) is 4.89. The van der Waals surface area contributed by atoms with Crippen LogP contribution in [0.15, 0.2) is 29.2 Å². The molecular weight excluding hydrogens is 309 g/mol. The molecule has 0 radical (unpaired) electrons. The second-order valence-corrected chi connectivity index (χ2v) is 6.59. The van der Waals surface area contributed by atoms with E-state index in [1.54, 1.807) is 11.8 Å². The van der Waals surface area contributed by atoms with E-state index in [0.717, 1.165) is 43.0 Å². The number of hydrogen-bond donors (Lipinski definition) is 0. The van der Waals surface area contributed by atoms with E-state index in [4.69, 9.17) is 0 Å². The number of nitrogens with zero attached hydrogens (tertiary/aromatic N) is 1. The Morgan fingerprint density at radius 1 is 1.00 bits per heavy atom. The van der Waals surface area contributed by atoms with Crippen LogP contribution in [0.25, 0.3) is 0 Å². The molecule has 0 amide bonds. The molecule has 1 aliphatic rings. The maximum Gasteiger partial charge on any atom is 0.458 e. The molecule has 1 aromatic rings. The van der Waals surface area contributed by atoms with Crippen molar-refractivity contribution in [1.82, 2.24) is 4.90 Å². The summed E-state index contributed by atoms with van der Waals surface area (Å²) < 4.78 is 63.1. The maximum absolute atomic E-state index is 13.2. The highest BCUT2D eigenvalue weighted by Crippen LogP contribution is 2.44. The van der Waals surface area contributed by atoms with Crippen molar-refractivity contribution in [3.63, 3.8) is 0 Å². The van der Waals surface area contributed by atoms with E-state index < -0.39 is 17.7 Å². The van der Waals surface area contributed by atoms with Gasteiger partial charge in [-0.3, -0.25) is 0 Å². The van der Waals surface area contributed by atoms with Crippen molar-refractivity contribution in [3.8, 4) is 0 Å². The average Bonchev–Trinajstić information content (AvgIpc) is 2.41. The monoisotopic (exact) mass is 325 g/mol. The summed E-state index contributed by atoms with van der Waals surface area (Å²) in [5, 5.41) is 0.384. The van der Waals surface area contributed by atoms with Crippen LogP contribution in [0.4, 0.5) is 22.0 Å². The summed E-state index contributed by atoms with van der Waals surface area (Å²) in [5.41, 5.74) is -1.01. The SMILES string of the molecule is CN1CCC(Sc2ccc(C(F)(F)C(F)(F)F)cc2)CC1. The van der Waals surface area contributed by atoms with Crippen LogP contribution in [0, 0.1) is 0 Å². The highest BCUT2D eigenvalue weighted by Gasteiger charge is 2.58. The number of benzene rings is 1. The fourth-order valence-electron chi connectivity index (χ4n) is 2.20. The minimum absolute atomic E-state index is 0.384.